The molecule has 0 spiro atoms. The van der Waals surface area contributed by atoms with Crippen LogP contribution in [0.5, 0.6) is 0 Å². The van der Waals surface area contributed by atoms with Gasteiger partial charge < -0.3 is 10.2 Å². The van der Waals surface area contributed by atoms with Crippen molar-refractivity contribution in [2.24, 2.45) is 5.92 Å². The molecule has 0 saturated heterocycles. The SMILES string of the molecule is CCC(C(=O)NCC(C)C)N(Cc1cccc(C)c1)C(=O)CN(c1ccc(C)cc1)S(=O)(=O)c1ccc(C)cc1. The van der Waals surface area contributed by atoms with Gasteiger partial charge in [-0.1, -0.05) is 86.0 Å². The summed E-state index contributed by atoms with van der Waals surface area (Å²) in [5, 5.41) is 2.95. The highest BCUT2D eigenvalue weighted by molar-refractivity contribution is 7.92. The maximum atomic E-state index is 14.1. The normalized spacial score (nSPS) is 12.2. The molecule has 0 bridgehead atoms. The molecule has 3 aromatic rings. The minimum absolute atomic E-state index is 0.0958. The van der Waals surface area contributed by atoms with E-state index in [0.29, 0.717) is 18.7 Å². The average molecular weight is 564 g/mol. The van der Waals surface area contributed by atoms with Crippen LogP contribution in [0.3, 0.4) is 0 Å². The summed E-state index contributed by atoms with van der Waals surface area (Å²) in [5.41, 5.74) is 4.18. The third kappa shape index (κ3) is 7.94. The van der Waals surface area contributed by atoms with E-state index in [2.05, 4.69) is 5.32 Å². The number of benzene rings is 3. The smallest absolute Gasteiger partial charge is 0.264 e. The van der Waals surface area contributed by atoms with Crippen LogP contribution in [-0.4, -0.2) is 44.3 Å². The van der Waals surface area contributed by atoms with Crippen LogP contribution in [0.1, 0.15) is 49.4 Å². The molecule has 1 N–H and O–H groups in total. The highest BCUT2D eigenvalue weighted by atomic mass is 32.2. The van der Waals surface area contributed by atoms with Crippen molar-refractivity contribution in [3.05, 3.63) is 95.1 Å². The number of carbonyl (C=O) groups is 2. The lowest BCUT2D eigenvalue weighted by Crippen LogP contribution is -2.52. The number of carbonyl (C=O) groups excluding carboxylic acids is 2. The van der Waals surface area contributed by atoms with Crippen molar-refractivity contribution < 1.29 is 18.0 Å². The quantitative estimate of drug-likeness (QED) is 0.320. The first-order valence-electron chi connectivity index (χ1n) is 13.7. The maximum absolute atomic E-state index is 14.1. The summed E-state index contributed by atoms with van der Waals surface area (Å²) in [6.45, 7) is 11.9. The Balaban J connectivity index is 2.04. The molecule has 0 saturated carbocycles. The van der Waals surface area contributed by atoms with Crippen LogP contribution in [0, 0.1) is 26.7 Å². The molecule has 0 radical (unpaired) electrons. The Hall–Kier alpha value is -3.65. The Morgan fingerprint density at radius 2 is 1.45 bits per heavy atom. The molecule has 1 atom stereocenters. The van der Waals surface area contributed by atoms with Gasteiger partial charge in [-0.05, 0) is 62.9 Å². The summed E-state index contributed by atoms with van der Waals surface area (Å²) in [5.74, 6) is -0.455. The van der Waals surface area contributed by atoms with E-state index in [1.807, 2.05) is 77.9 Å². The first kappa shape index (κ1) is 30.9. The molecular weight excluding hydrogens is 522 g/mol. The molecule has 0 aliphatic heterocycles. The van der Waals surface area contributed by atoms with Gasteiger partial charge in [0.25, 0.3) is 10.0 Å². The van der Waals surface area contributed by atoms with E-state index in [0.717, 1.165) is 26.6 Å². The molecule has 0 fully saturated rings. The van der Waals surface area contributed by atoms with Crippen LogP contribution in [0.25, 0.3) is 0 Å². The molecule has 40 heavy (non-hydrogen) atoms. The van der Waals surface area contributed by atoms with Crippen LogP contribution in [0.4, 0.5) is 5.69 Å². The van der Waals surface area contributed by atoms with E-state index in [1.54, 1.807) is 36.4 Å². The molecule has 0 aliphatic carbocycles. The number of rotatable bonds is 12. The molecule has 214 valence electrons. The molecule has 2 amide bonds. The fraction of sp³-hybridized carbons (Fsp3) is 0.375. The molecular formula is C32H41N3O4S. The van der Waals surface area contributed by atoms with Gasteiger partial charge in [0.2, 0.25) is 11.8 Å². The number of sulfonamides is 1. The summed E-state index contributed by atoms with van der Waals surface area (Å²) in [6, 6.07) is 20.6. The molecule has 0 heterocycles. The van der Waals surface area contributed by atoms with E-state index < -0.39 is 28.5 Å². The number of amides is 2. The molecule has 3 rings (SSSR count). The van der Waals surface area contributed by atoms with Crippen molar-refractivity contribution >= 4 is 27.5 Å². The van der Waals surface area contributed by atoms with Gasteiger partial charge in [-0.2, -0.15) is 0 Å². The van der Waals surface area contributed by atoms with Gasteiger partial charge in [-0.15, -0.1) is 0 Å². The summed E-state index contributed by atoms with van der Waals surface area (Å²) in [6.07, 6.45) is 0.386. The van der Waals surface area contributed by atoms with Gasteiger partial charge in [-0.3, -0.25) is 13.9 Å². The van der Waals surface area contributed by atoms with E-state index in [1.165, 1.54) is 4.90 Å². The Bertz CT molecular complexity index is 1400. The number of aryl methyl sites for hydroxylation is 3. The van der Waals surface area contributed by atoms with Crippen LogP contribution in [0.2, 0.25) is 0 Å². The first-order valence-corrected chi connectivity index (χ1v) is 15.1. The standard InChI is InChI=1S/C32H41N3O4S/c1-7-30(32(37)33-20-23(2)3)34(21-27-10-8-9-26(6)19-27)31(36)22-35(28-15-11-24(4)12-16-28)40(38,39)29-17-13-25(5)14-18-29/h8-19,23,30H,7,20-22H2,1-6H3,(H,33,37). The Morgan fingerprint density at radius 1 is 0.850 bits per heavy atom. The number of anilines is 1. The Morgan fingerprint density at radius 3 is 2.00 bits per heavy atom. The van der Waals surface area contributed by atoms with Crippen molar-refractivity contribution in [2.45, 2.75) is 65.4 Å². The predicted molar refractivity (Wildman–Crippen MR) is 161 cm³/mol. The lowest BCUT2D eigenvalue weighted by Gasteiger charge is -2.33. The van der Waals surface area contributed by atoms with E-state index in [4.69, 9.17) is 0 Å². The first-order chi connectivity index (χ1) is 18.9. The molecule has 7 nitrogen and oxygen atoms in total. The number of nitrogens with zero attached hydrogens (tertiary/aromatic N) is 2. The molecule has 1 unspecified atom stereocenters. The van der Waals surface area contributed by atoms with Gasteiger partial charge in [0.15, 0.2) is 0 Å². The Labute approximate surface area is 239 Å². The second-order valence-corrected chi connectivity index (χ2v) is 12.6. The van der Waals surface area contributed by atoms with E-state index in [9.17, 15) is 18.0 Å². The summed E-state index contributed by atoms with van der Waals surface area (Å²) >= 11 is 0. The zero-order chi connectivity index (χ0) is 29.4. The summed E-state index contributed by atoms with van der Waals surface area (Å²) in [7, 11) is -4.08. The van der Waals surface area contributed by atoms with Crippen molar-refractivity contribution in [3.63, 3.8) is 0 Å². The minimum atomic E-state index is -4.08. The van der Waals surface area contributed by atoms with Crippen molar-refractivity contribution in [3.8, 4) is 0 Å². The summed E-state index contributed by atoms with van der Waals surface area (Å²) in [4.78, 5) is 29.0. The van der Waals surface area contributed by atoms with Gasteiger partial charge in [0, 0.05) is 13.1 Å². The monoisotopic (exact) mass is 563 g/mol. The zero-order valence-corrected chi connectivity index (χ0v) is 25.2. The zero-order valence-electron chi connectivity index (χ0n) is 24.3. The number of nitrogens with one attached hydrogen (secondary N) is 1. The lowest BCUT2D eigenvalue weighted by atomic mass is 10.1. The maximum Gasteiger partial charge on any atom is 0.264 e. The third-order valence-electron chi connectivity index (χ3n) is 6.72. The van der Waals surface area contributed by atoms with Crippen LogP contribution < -0.4 is 9.62 Å². The van der Waals surface area contributed by atoms with Gasteiger partial charge in [0.05, 0.1) is 10.6 Å². The van der Waals surface area contributed by atoms with E-state index in [-0.39, 0.29) is 23.3 Å². The fourth-order valence-electron chi connectivity index (χ4n) is 4.43. The van der Waals surface area contributed by atoms with Crippen molar-refractivity contribution in [1.82, 2.24) is 10.2 Å². The van der Waals surface area contributed by atoms with Crippen molar-refractivity contribution in [1.29, 1.82) is 0 Å². The van der Waals surface area contributed by atoms with Crippen LogP contribution in [0.15, 0.2) is 77.7 Å². The average Bonchev–Trinajstić information content (AvgIpc) is 2.91. The second kappa shape index (κ2) is 13.6. The second-order valence-electron chi connectivity index (χ2n) is 10.7. The topological polar surface area (TPSA) is 86.8 Å². The molecule has 0 aromatic heterocycles. The molecule has 3 aromatic carbocycles. The predicted octanol–water partition coefficient (Wildman–Crippen LogP) is 5.39. The van der Waals surface area contributed by atoms with Crippen molar-refractivity contribution in [2.75, 3.05) is 17.4 Å². The number of hydrogen-bond acceptors (Lipinski definition) is 4. The minimum Gasteiger partial charge on any atom is -0.354 e. The molecule has 8 heteroatoms. The van der Waals surface area contributed by atoms with Crippen LogP contribution >= 0.6 is 0 Å². The van der Waals surface area contributed by atoms with Crippen LogP contribution in [-0.2, 0) is 26.2 Å². The largest absolute Gasteiger partial charge is 0.354 e. The highest BCUT2D eigenvalue weighted by Gasteiger charge is 2.33. The summed E-state index contributed by atoms with van der Waals surface area (Å²) < 4.78 is 29.0. The van der Waals surface area contributed by atoms with Gasteiger partial charge >= 0.3 is 0 Å². The van der Waals surface area contributed by atoms with E-state index >= 15 is 0 Å². The van der Waals surface area contributed by atoms with Gasteiger partial charge in [-0.25, -0.2) is 8.42 Å². The lowest BCUT2D eigenvalue weighted by molar-refractivity contribution is -0.140. The number of hydrogen-bond donors (Lipinski definition) is 1. The molecule has 0 aliphatic rings. The van der Waals surface area contributed by atoms with Gasteiger partial charge in [0.1, 0.15) is 12.6 Å². The highest BCUT2D eigenvalue weighted by Crippen LogP contribution is 2.25. The Kier molecular flexibility index (Phi) is 10.5. The third-order valence-corrected chi connectivity index (χ3v) is 8.50. The fourth-order valence-corrected chi connectivity index (χ4v) is 5.84.